The first-order chi connectivity index (χ1) is 10.2. The van der Waals surface area contributed by atoms with Crippen LogP contribution in [0.25, 0.3) is 0 Å². The highest BCUT2D eigenvalue weighted by atomic mass is 35.5. The highest BCUT2D eigenvalue weighted by Gasteiger charge is 2.21. The number of halogens is 1. The molecule has 0 aromatic heterocycles. The van der Waals surface area contributed by atoms with E-state index in [4.69, 9.17) is 21.3 Å². The molecule has 1 atom stereocenters. The second kappa shape index (κ2) is 5.74. The summed E-state index contributed by atoms with van der Waals surface area (Å²) < 4.78 is 5.22. The Balaban J connectivity index is 1.88. The van der Waals surface area contributed by atoms with Crippen molar-refractivity contribution in [3.8, 4) is 5.75 Å². The molecule has 1 aromatic carbocycles. The lowest BCUT2D eigenvalue weighted by Gasteiger charge is -2.23. The monoisotopic (exact) mass is 301 g/mol. The molecule has 1 aliphatic carbocycles. The highest BCUT2D eigenvalue weighted by Crippen LogP contribution is 2.28. The molecule has 21 heavy (non-hydrogen) atoms. The molecule has 1 heterocycles. The van der Waals surface area contributed by atoms with E-state index < -0.39 is 0 Å². The van der Waals surface area contributed by atoms with E-state index in [-0.39, 0.29) is 6.04 Å². The number of aliphatic imine (C=N–C) groups is 2. The van der Waals surface area contributed by atoms with Crippen LogP contribution in [0.3, 0.4) is 0 Å². The third kappa shape index (κ3) is 2.85. The maximum absolute atomic E-state index is 6.22. The molecule has 0 amide bonds. The molecule has 2 aliphatic rings. The van der Waals surface area contributed by atoms with Gasteiger partial charge in [-0.3, -0.25) is 9.98 Å². The van der Waals surface area contributed by atoms with E-state index in [1.807, 2.05) is 31.2 Å². The quantitative estimate of drug-likeness (QED) is 0.902. The van der Waals surface area contributed by atoms with E-state index in [9.17, 15) is 0 Å². The lowest BCUT2D eigenvalue weighted by molar-refractivity contribution is 0.415. The number of nitrogens with zero attached hydrogens (tertiary/aromatic N) is 2. The van der Waals surface area contributed by atoms with Gasteiger partial charge in [-0.1, -0.05) is 23.8 Å². The molecule has 1 unspecified atom stereocenters. The Hall–Kier alpha value is -2.07. The van der Waals surface area contributed by atoms with E-state index >= 15 is 0 Å². The van der Waals surface area contributed by atoms with Crippen LogP contribution >= 0.6 is 11.6 Å². The maximum Gasteiger partial charge on any atom is 0.147 e. The summed E-state index contributed by atoms with van der Waals surface area (Å²) in [6.45, 7) is 1.94. The average molecular weight is 302 g/mol. The van der Waals surface area contributed by atoms with E-state index in [0.717, 1.165) is 35.1 Å². The molecule has 0 saturated heterocycles. The van der Waals surface area contributed by atoms with E-state index in [1.54, 1.807) is 13.2 Å². The third-order valence-corrected chi connectivity index (χ3v) is 3.78. The van der Waals surface area contributed by atoms with Gasteiger partial charge in [0, 0.05) is 6.07 Å². The van der Waals surface area contributed by atoms with Gasteiger partial charge < -0.3 is 10.1 Å². The van der Waals surface area contributed by atoms with Crippen LogP contribution in [0.1, 0.15) is 13.3 Å². The van der Waals surface area contributed by atoms with Crippen molar-refractivity contribution < 1.29 is 4.74 Å². The van der Waals surface area contributed by atoms with Crippen molar-refractivity contribution >= 4 is 28.8 Å². The van der Waals surface area contributed by atoms with Crippen molar-refractivity contribution in [1.82, 2.24) is 0 Å². The fraction of sp³-hybridized carbons (Fsp3) is 0.250. The first kappa shape index (κ1) is 13.9. The number of methoxy groups -OCH3 is 1. The van der Waals surface area contributed by atoms with Crippen molar-refractivity contribution in [2.75, 3.05) is 12.4 Å². The van der Waals surface area contributed by atoms with Crippen LogP contribution in [0, 0.1) is 0 Å². The first-order valence-corrected chi connectivity index (χ1v) is 7.16. The number of rotatable bonds is 2. The van der Waals surface area contributed by atoms with Gasteiger partial charge in [0.15, 0.2) is 0 Å². The number of fused-ring (bicyclic) bond motifs is 1. The second-order valence-electron chi connectivity index (χ2n) is 4.92. The zero-order valence-electron chi connectivity index (χ0n) is 11.9. The molecule has 4 nitrogen and oxygen atoms in total. The second-order valence-corrected chi connectivity index (χ2v) is 5.32. The fourth-order valence-corrected chi connectivity index (χ4v) is 2.47. The number of anilines is 1. The molecule has 108 valence electrons. The molecule has 5 heteroatoms. The van der Waals surface area contributed by atoms with Crippen LogP contribution in [0.4, 0.5) is 5.69 Å². The molecule has 1 aliphatic heterocycles. The lowest BCUT2D eigenvalue weighted by atomic mass is 10.0. The molecule has 0 saturated carbocycles. The van der Waals surface area contributed by atoms with E-state index in [1.165, 1.54) is 0 Å². The Morgan fingerprint density at radius 2 is 2.24 bits per heavy atom. The number of hydrogen-bond acceptors (Lipinski definition) is 4. The first-order valence-electron chi connectivity index (χ1n) is 6.78. The van der Waals surface area contributed by atoms with Crippen molar-refractivity contribution in [3.05, 3.63) is 47.1 Å². The van der Waals surface area contributed by atoms with Crippen LogP contribution in [0.15, 0.2) is 52.1 Å². The van der Waals surface area contributed by atoms with Crippen LogP contribution < -0.4 is 10.1 Å². The maximum atomic E-state index is 6.22. The lowest BCUT2D eigenvalue weighted by Crippen LogP contribution is -2.29. The minimum Gasteiger partial charge on any atom is -0.497 e. The molecule has 0 spiro atoms. The largest absolute Gasteiger partial charge is 0.497 e. The SMILES string of the molecule is COc1ccc(Cl)c(NC2=NC3CC=CC=C3N=C2C)c1. The van der Waals surface area contributed by atoms with Gasteiger partial charge in [-0.2, -0.15) is 0 Å². The zero-order chi connectivity index (χ0) is 14.8. The Labute approximate surface area is 128 Å². The third-order valence-electron chi connectivity index (χ3n) is 3.45. The topological polar surface area (TPSA) is 46.0 Å². The Kier molecular flexibility index (Phi) is 3.80. The smallest absolute Gasteiger partial charge is 0.147 e. The number of hydrogen-bond donors (Lipinski definition) is 1. The van der Waals surface area contributed by atoms with Gasteiger partial charge in [0.05, 0.1) is 35.3 Å². The molecule has 0 radical (unpaired) electrons. The predicted molar refractivity (Wildman–Crippen MR) is 87.8 cm³/mol. The van der Waals surface area contributed by atoms with Gasteiger partial charge in [0.25, 0.3) is 0 Å². The summed E-state index contributed by atoms with van der Waals surface area (Å²) in [7, 11) is 1.63. The van der Waals surface area contributed by atoms with Gasteiger partial charge in [0.2, 0.25) is 0 Å². The fourth-order valence-electron chi connectivity index (χ4n) is 2.31. The number of allylic oxidation sites excluding steroid dienone is 2. The normalized spacial score (nSPS) is 20.1. The predicted octanol–water partition coefficient (Wildman–Crippen LogP) is 3.85. The standard InChI is InChI=1S/C16H16ClN3O/c1-10-16(19-14-6-4-3-5-13(14)18-10)20-15-9-11(21-2)7-8-12(15)17/h3-5,7-9,14H,6H2,1-2H3,(H,19,20). The van der Waals surface area contributed by atoms with Crippen LogP contribution in [-0.2, 0) is 0 Å². The molecule has 0 fully saturated rings. The van der Waals surface area contributed by atoms with Gasteiger partial charge in [-0.25, -0.2) is 0 Å². The number of amidine groups is 1. The van der Waals surface area contributed by atoms with Crippen molar-refractivity contribution in [3.63, 3.8) is 0 Å². The summed E-state index contributed by atoms with van der Waals surface area (Å²) in [6, 6.07) is 5.56. The van der Waals surface area contributed by atoms with Crippen molar-refractivity contribution in [1.29, 1.82) is 0 Å². The number of ether oxygens (including phenoxy) is 1. The molecule has 0 bridgehead atoms. The number of nitrogens with one attached hydrogen (secondary N) is 1. The Morgan fingerprint density at radius 3 is 3.05 bits per heavy atom. The van der Waals surface area contributed by atoms with Crippen LogP contribution in [0.5, 0.6) is 5.75 Å². The number of benzene rings is 1. The van der Waals surface area contributed by atoms with Gasteiger partial charge in [-0.15, -0.1) is 0 Å². The van der Waals surface area contributed by atoms with Gasteiger partial charge in [-0.05, 0) is 31.6 Å². The molecular weight excluding hydrogens is 286 g/mol. The highest BCUT2D eigenvalue weighted by molar-refractivity contribution is 6.46. The summed E-state index contributed by atoms with van der Waals surface area (Å²) in [5.41, 5.74) is 2.63. The van der Waals surface area contributed by atoms with E-state index in [2.05, 4.69) is 16.4 Å². The average Bonchev–Trinajstić information content (AvgIpc) is 2.50. The van der Waals surface area contributed by atoms with Gasteiger partial charge in [0.1, 0.15) is 11.6 Å². The minimum absolute atomic E-state index is 0.0885. The minimum atomic E-state index is 0.0885. The Morgan fingerprint density at radius 1 is 1.38 bits per heavy atom. The van der Waals surface area contributed by atoms with Gasteiger partial charge >= 0.3 is 0 Å². The van der Waals surface area contributed by atoms with Crippen LogP contribution in [-0.4, -0.2) is 24.7 Å². The van der Waals surface area contributed by atoms with Crippen molar-refractivity contribution in [2.45, 2.75) is 19.4 Å². The zero-order valence-corrected chi connectivity index (χ0v) is 12.7. The summed E-state index contributed by atoms with van der Waals surface area (Å²) >= 11 is 6.22. The van der Waals surface area contributed by atoms with Crippen molar-refractivity contribution in [2.24, 2.45) is 9.98 Å². The molecule has 1 N–H and O–H groups in total. The molecular formula is C16H16ClN3O. The van der Waals surface area contributed by atoms with Crippen LogP contribution in [0.2, 0.25) is 5.02 Å². The summed E-state index contributed by atoms with van der Waals surface area (Å²) in [5.74, 6) is 1.50. The summed E-state index contributed by atoms with van der Waals surface area (Å²) in [5, 5.41) is 3.88. The Bertz CT molecular complexity index is 689. The summed E-state index contributed by atoms with van der Waals surface area (Å²) in [4.78, 5) is 9.35. The summed E-state index contributed by atoms with van der Waals surface area (Å²) in [6.07, 6.45) is 7.01. The molecule has 3 rings (SSSR count). The van der Waals surface area contributed by atoms with E-state index in [0.29, 0.717) is 5.02 Å². The molecule has 1 aromatic rings.